The molecule has 1 amide bonds. The first-order chi connectivity index (χ1) is 9.20. The second kappa shape index (κ2) is 6.82. The molecule has 0 bridgehead atoms. The highest BCUT2D eigenvalue weighted by Gasteiger charge is 2.19. The minimum absolute atomic E-state index is 0.0204. The van der Waals surface area contributed by atoms with Gasteiger partial charge in [0.1, 0.15) is 4.38 Å². The Morgan fingerprint density at radius 1 is 1.63 bits per heavy atom. The van der Waals surface area contributed by atoms with Crippen LogP contribution in [0, 0.1) is 0 Å². The number of hydrogen-bond donors (Lipinski definition) is 1. The summed E-state index contributed by atoms with van der Waals surface area (Å²) in [6.45, 7) is 5.98. The van der Waals surface area contributed by atoms with Gasteiger partial charge in [-0.05, 0) is 18.6 Å². The van der Waals surface area contributed by atoms with Crippen LogP contribution in [0.1, 0.15) is 12.5 Å². The Balaban J connectivity index is 1.99. The predicted octanol–water partition coefficient (Wildman–Crippen LogP) is 3.34. The molecule has 5 heteroatoms. The van der Waals surface area contributed by atoms with Crippen molar-refractivity contribution < 1.29 is 4.79 Å². The van der Waals surface area contributed by atoms with Crippen LogP contribution in [0.15, 0.2) is 41.9 Å². The lowest BCUT2D eigenvalue weighted by Gasteiger charge is -2.17. The molecule has 100 valence electrons. The number of fused-ring (bicyclic) bond motifs is 1. The predicted molar refractivity (Wildman–Crippen MR) is 85.1 cm³/mol. The number of hydrogen-bond acceptors (Lipinski definition) is 4. The van der Waals surface area contributed by atoms with Crippen LogP contribution in [0.2, 0.25) is 0 Å². The van der Waals surface area contributed by atoms with E-state index in [1.165, 1.54) is 17.3 Å². The van der Waals surface area contributed by atoms with Crippen LogP contribution in [-0.4, -0.2) is 22.1 Å². The summed E-state index contributed by atoms with van der Waals surface area (Å²) in [4.78, 5) is 16.4. The van der Waals surface area contributed by atoms with E-state index in [9.17, 15) is 4.79 Å². The molecule has 1 aliphatic rings. The molecular weight excluding hydrogens is 276 g/mol. The summed E-state index contributed by atoms with van der Waals surface area (Å²) in [7, 11) is 0. The SMILES string of the molecule is C=CCNC(=O)C(C)SC1=Nc2ccccc2CS1. The fourth-order valence-electron chi connectivity index (χ4n) is 1.59. The lowest BCUT2D eigenvalue weighted by molar-refractivity contribution is -0.120. The molecule has 1 heterocycles. The molecule has 0 radical (unpaired) electrons. The Morgan fingerprint density at radius 3 is 3.21 bits per heavy atom. The minimum atomic E-state index is -0.142. The van der Waals surface area contributed by atoms with Gasteiger partial charge in [0.05, 0.1) is 10.9 Å². The van der Waals surface area contributed by atoms with Crippen LogP contribution in [0.25, 0.3) is 0 Å². The van der Waals surface area contributed by atoms with E-state index in [0.717, 1.165) is 15.8 Å². The highest BCUT2D eigenvalue weighted by atomic mass is 32.2. The molecule has 0 spiro atoms. The van der Waals surface area contributed by atoms with Crippen molar-refractivity contribution in [3.63, 3.8) is 0 Å². The van der Waals surface area contributed by atoms with Crippen molar-refractivity contribution in [2.24, 2.45) is 4.99 Å². The van der Waals surface area contributed by atoms with Gasteiger partial charge in [-0.25, -0.2) is 4.99 Å². The fourth-order valence-corrected chi connectivity index (χ4v) is 3.81. The summed E-state index contributed by atoms with van der Waals surface area (Å²) in [6, 6.07) is 8.12. The van der Waals surface area contributed by atoms with Crippen molar-refractivity contribution in [2.45, 2.75) is 17.9 Å². The second-order valence-electron chi connectivity index (χ2n) is 4.09. The first-order valence-corrected chi connectivity index (χ1v) is 7.92. The molecule has 2 rings (SSSR count). The molecule has 1 aromatic carbocycles. The van der Waals surface area contributed by atoms with Gasteiger partial charge in [-0.1, -0.05) is 47.8 Å². The number of para-hydroxylation sites is 1. The van der Waals surface area contributed by atoms with E-state index < -0.39 is 0 Å². The van der Waals surface area contributed by atoms with E-state index in [1.54, 1.807) is 17.8 Å². The summed E-state index contributed by atoms with van der Waals surface area (Å²) in [6.07, 6.45) is 1.68. The lowest BCUT2D eigenvalue weighted by atomic mass is 10.2. The molecule has 1 unspecified atom stereocenters. The summed E-state index contributed by atoms with van der Waals surface area (Å²) >= 11 is 3.20. The lowest BCUT2D eigenvalue weighted by Crippen LogP contribution is -2.31. The van der Waals surface area contributed by atoms with Crippen molar-refractivity contribution in [1.29, 1.82) is 0 Å². The maximum Gasteiger partial charge on any atom is 0.233 e. The van der Waals surface area contributed by atoms with Crippen molar-refractivity contribution in [3.8, 4) is 0 Å². The Morgan fingerprint density at radius 2 is 2.42 bits per heavy atom. The number of amides is 1. The molecule has 0 aliphatic carbocycles. The minimum Gasteiger partial charge on any atom is -0.352 e. The highest BCUT2D eigenvalue weighted by Crippen LogP contribution is 2.35. The Labute approximate surface area is 122 Å². The average Bonchev–Trinajstić information content (AvgIpc) is 2.44. The van der Waals surface area contributed by atoms with E-state index in [1.807, 2.05) is 25.1 Å². The van der Waals surface area contributed by atoms with Gasteiger partial charge >= 0.3 is 0 Å². The Hall–Kier alpha value is -1.20. The largest absolute Gasteiger partial charge is 0.352 e. The molecule has 1 atom stereocenters. The first-order valence-electron chi connectivity index (χ1n) is 6.05. The van der Waals surface area contributed by atoms with Gasteiger partial charge < -0.3 is 5.32 Å². The molecular formula is C14H16N2OS2. The van der Waals surface area contributed by atoms with Crippen LogP contribution in [0.5, 0.6) is 0 Å². The molecule has 0 saturated heterocycles. The van der Waals surface area contributed by atoms with Gasteiger partial charge in [0.2, 0.25) is 5.91 Å². The van der Waals surface area contributed by atoms with Crippen LogP contribution in [0.3, 0.4) is 0 Å². The number of aliphatic imine (C=N–C) groups is 1. The number of nitrogens with zero attached hydrogens (tertiary/aromatic N) is 1. The molecule has 1 aromatic rings. The van der Waals surface area contributed by atoms with Gasteiger partial charge in [-0.2, -0.15) is 0 Å². The number of rotatable bonds is 4. The number of carbonyl (C=O) groups excluding carboxylic acids is 1. The zero-order valence-electron chi connectivity index (χ0n) is 10.8. The molecule has 0 saturated carbocycles. The third-order valence-corrected chi connectivity index (χ3v) is 4.92. The summed E-state index contributed by atoms with van der Waals surface area (Å²) in [5.74, 6) is 0.940. The number of benzene rings is 1. The van der Waals surface area contributed by atoms with Crippen LogP contribution < -0.4 is 5.32 Å². The molecule has 3 nitrogen and oxygen atoms in total. The van der Waals surface area contributed by atoms with E-state index >= 15 is 0 Å². The first kappa shape index (κ1) is 14.2. The zero-order chi connectivity index (χ0) is 13.7. The standard InChI is InChI=1S/C14H16N2OS2/c1-3-8-15-13(17)10(2)19-14-16-12-7-5-4-6-11(12)9-18-14/h3-7,10H,1,8-9H2,2H3,(H,15,17). The van der Waals surface area contributed by atoms with Gasteiger partial charge in [0.15, 0.2) is 0 Å². The summed E-state index contributed by atoms with van der Waals surface area (Å²) < 4.78 is 0.958. The third kappa shape index (κ3) is 3.88. The summed E-state index contributed by atoms with van der Waals surface area (Å²) in [5, 5.41) is 2.66. The van der Waals surface area contributed by atoms with Crippen molar-refractivity contribution in [3.05, 3.63) is 42.5 Å². The molecule has 1 N–H and O–H groups in total. The van der Waals surface area contributed by atoms with E-state index in [2.05, 4.69) is 23.0 Å². The van der Waals surface area contributed by atoms with Crippen molar-refractivity contribution in [1.82, 2.24) is 5.32 Å². The quantitative estimate of drug-likeness (QED) is 0.865. The van der Waals surface area contributed by atoms with Crippen LogP contribution in [0.4, 0.5) is 5.69 Å². The third-order valence-electron chi connectivity index (χ3n) is 2.62. The van der Waals surface area contributed by atoms with E-state index in [4.69, 9.17) is 0 Å². The fraction of sp³-hybridized carbons (Fsp3) is 0.286. The molecule has 1 aliphatic heterocycles. The van der Waals surface area contributed by atoms with Gasteiger partial charge in [0.25, 0.3) is 0 Å². The zero-order valence-corrected chi connectivity index (χ0v) is 12.4. The maximum absolute atomic E-state index is 11.8. The highest BCUT2D eigenvalue weighted by molar-refractivity contribution is 8.39. The van der Waals surface area contributed by atoms with Crippen LogP contribution in [-0.2, 0) is 10.5 Å². The number of thioether (sulfide) groups is 2. The Kier molecular flexibility index (Phi) is 5.10. The monoisotopic (exact) mass is 292 g/mol. The topological polar surface area (TPSA) is 41.5 Å². The van der Waals surface area contributed by atoms with E-state index in [0.29, 0.717) is 6.54 Å². The van der Waals surface area contributed by atoms with Gasteiger partial charge in [-0.3, -0.25) is 4.79 Å². The normalized spacial score (nSPS) is 15.1. The molecule has 19 heavy (non-hydrogen) atoms. The maximum atomic E-state index is 11.8. The Bertz CT molecular complexity index is 514. The smallest absolute Gasteiger partial charge is 0.233 e. The summed E-state index contributed by atoms with van der Waals surface area (Å²) in [5.41, 5.74) is 2.27. The second-order valence-corrected chi connectivity index (χ2v) is 6.64. The van der Waals surface area contributed by atoms with Crippen LogP contribution >= 0.6 is 23.5 Å². The molecule has 0 fully saturated rings. The van der Waals surface area contributed by atoms with Gasteiger partial charge in [0, 0.05) is 12.3 Å². The number of nitrogens with one attached hydrogen (secondary N) is 1. The van der Waals surface area contributed by atoms with Crippen molar-refractivity contribution in [2.75, 3.05) is 6.54 Å². The van der Waals surface area contributed by atoms with Gasteiger partial charge in [-0.15, -0.1) is 6.58 Å². The average molecular weight is 292 g/mol. The number of carbonyl (C=O) groups is 1. The molecule has 0 aromatic heterocycles. The van der Waals surface area contributed by atoms with Crippen molar-refractivity contribution >= 4 is 39.5 Å². The van der Waals surface area contributed by atoms with E-state index in [-0.39, 0.29) is 11.2 Å².